The van der Waals surface area contributed by atoms with Gasteiger partial charge in [0, 0.05) is 51.3 Å². The van der Waals surface area contributed by atoms with Gasteiger partial charge in [0.25, 0.3) is 0 Å². The molecule has 182 valence electrons. The van der Waals surface area contributed by atoms with E-state index in [0.29, 0.717) is 32.1 Å². The van der Waals surface area contributed by atoms with E-state index in [0.717, 1.165) is 25.1 Å². The number of aromatic nitrogens is 3. The maximum absolute atomic E-state index is 13.7. The van der Waals surface area contributed by atoms with Gasteiger partial charge in [-0.05, 0) is 18.3 Å². The van der Waals surface area contributed by atoms with E-state index < -0.39 is 23.6 Å². The molecule has 3 heterocycles. The number of carbonyl (C=O) groups excluding carboxylic acids is 3. The van der Waals surface area contributed by atoms with Crippen molar-refractivity contribution >= 4 is 17.7 Å². The first-order valence-electron chi connectivity index (χ1n) is 11.8. The zero-order chi connectivity index (χ0) is 23.8. The van der Waals surface area contributed by atoms with E-state index in [1.807, 2.05) is 31.9 Å². The lowest BCUT2D eigenvalue weighted by molar-refractivity contribution is -0.144. The molecule has 0 radical (unpaired) electrons. The summed E-state index contributed by atoms with van der Waals surface area (Å²) in [5.41, 5.74) is 0.439. The third-order valence-electron chi connectivity index (χ3n) is 6.55. The van der Waals surface area contributed by atoms with Crippen molar-refractivity contribution in [2.75, 3.05) is 39.3 Å². The third-order valence-corrected chi connectivity index (χ3v) is 6.55. The maximum Gasteiger partial charge on any atom is 0.248 e. The highest BCUT2D eigenvalue weighted by molar-refractivity contribution is 5.90. The van der Waals surface area contributed by atoms with E-state index in [4.69, 9.17) is 0 Å². The van der Waals surface area contributed by atoms with Crippen LogP contribution in [-0.4, -0.2) is 99.0 Å². The van der Waals surface area contributed by atoms with Crippen LogP contribution in [0.4, 0.5) is 0 Å². The van der Waals surface area contributed by atoms with E-state index >= 15 is 0 Å². The summed E-state index contributed by atoms with van der Waals surface area (Å²) in [5, 5.41) is 24.5. The minimum absolute atomic E-state index is 0.0190. The Morgan fingerprint density at radius 3 is 2.76 bits per heavy atom. The van der Waals surface area contributed by atoms with Gasteiger partial charge in [-0.2, -0.15) is 0 Å². The Bertz CT molecular complexity index is 892. The molecule has 11 nitrogen and oxygen atoms in total. The summed E-state index contributed by atoms with van der Waals surface area (Å²) in [6.07, 6.45) is 3.48. The summed E-state index contributed by atoms with van der Waals surface area (Å²) < 4.78 is 1.62. The summed E-state index contributed by atoms with van der Waals surface area (Å²) >= 11 is 0. The maximum atomic E-state index is 13.7. The number of β-amino-alcohol motifs (C(OH)–C–C–N with tert-alkyl or cyclic N) is 1. The zero-order valence-electron chi connectivity index (χ0n) is 19.7. The fourth-order valence-electron chi connectivity index (χ4n) is 4.66. The lowest BCUT2D eigenvalue weighted by Gasteiger charge is -2.34. The minimum Gasteiger partial charge on any atom is -0.391 e. The monoisotopic (exact) mass is 461 g/mol. The van der Waals surface area contributed by atoms with E-state index in [1.165, 1.54) is 4.90 Å². The molecule has 1 aliphatic carbocycles. The molecule has 0 bridgehead atoms. The molecular formula is C22H35N7O4. The minimum atomic E-state index is -0.756. The molecular weight excluding hydrogens is 426 g/mol. The molecule has 0 spiro atoms. The summed E-state index contributed by atoms with van der Waals surface area (Å²) in [5.74, 6) is -0.118. The predicted molar refractivity (Wildman–Crippen MR) is 119 cm³/mol. The highest BCUT2D eigenvalue weighted by atomic mass is 16.3. The fourth-order valence-corrected chi connectivity index (χ4v) is 4.66. The molecule has 4 rings (SSSR count). The molecule has 1 saturated carbocycles. The number of rotatable bonds is 7. The molecule has 3 aliphatic rings. The van der Waals surface area contributed by atoms with Crippen molar-refractivity contribution in [1.82, 2.24) is 35.4 Å². The summed E-state index contributed by atoms with van der Waals surface area (Å²) in [6, 6.07) is -1.38. The molecule has 11 heteroatoms. The number of carbonyl (C=O) groups is 3. The number of amides is 3. The molecule has 2 saturated heterocycles. The molecule has 0 aromatic carbocycles. The Kier molecular flexibility index (Phi) is 6.71. The number of piperazine rings is 1. The highest BCUT2D eigenvalue weighted by Gasteiger charge is 2.45. The van der Waals surface area contributed by atoms with Crippen LogP contribution in [0.2, 0.25) is 0 Å². The average molecular weight is 462 g/mol. The van der Waals surface area contributed by atoms with Gasteiger partial charge in [-0.15, -0.1) is 5.10 Å². The van der Waals surface area contributed by atoms with Crippen molar-refractivity contribution in [3.63, 3.8) is 0 Å². The molecule has 33 heavy (non-hydrogen) atoms. The van der Waals surface area contributed by atoms with Crippen LogP contribution in [-0.2, 0) is 14.4 Å². The van der Waals surface area contributed by atoms with Gasteiger partial charge in [0.15, 0.2) is 0 Å². The van der Waals surface area contributed by atoms with Crippen molar-refractivity contribution in [3.8, 4) is 0 Å². The largest absolute Gasteiger partial charge is 0.391 e. The number of nitrogens with one attached hydrogen (secondary N) is 2. The van der Waals surface area contributed by atoms with Gasteiger partial charge in [-0.25, -0.2) is 4.68 Å². The number of nitrogens with zero attached hydrogens (tertiary/aromatic N) is 5. The topological polar surface area (TPSA) is 133 Å². The lowest BCUT2D eigenvalue weighted by atomic mass is 9.85. The fraction of sp³-hybridized carbons (Fsp3) is 0.773. The summed E-state index contributed by atoms with van der Waals surface area (Å²) in [6.45, 7) is 8.58. The van der Waals surface area contributed by atoms with Crippen LogP contribution in [0.5, 0.6) is 0 Å². The molecule has 3 N–H and O–H groups in total. The lowest BCUT2D eigenvalue weighted by Crippen LogP contribution is -2.52. The number of hydrogen-bond acceptors (Lipinski definition) is 7. The normalized spacial score (nSPS) is 25.1. The van der Waals surface area contributed by atoms with Gasteiger partial charge in [0.1, 0.15) is 12.1 Å². The molecule has 3 amide bonds. The number of hydrogen-bond donors (Lipinski definition) is 3. The van der Waals surface area contributed by atoms with Gasteiger partial charge >= 0.3 is 0 Å². The number of aliphatic hydroxyl groups is 1. The Labute approximate surface area is 193 Å². The first-order chi connectivity index (χ1) is 15.6. The molecule has 0 unspecified atom stereocenters. The highest BCUT2D eigenvalue weighted by Crippen LogP contribution is 2.40. The van der Waals surface area contributed by atoms with Crippen LogP contribution in [0, 0.1) is 5.41 Å². The van der Waals surface area contributed by atoms with Crippen LogP contribution in [0.1, 0.15) is 57.7 Å². The third kappa shape index (κ3) is 5.52. The first-order valence-corrected chi connectivity index (χ1v) is 11.8. The Hall–Kier alpha value is -2.53. The molecule has 3 atom stereocenters. The van der Waals surface area contributed by atoms with Crippen LogP contribution >= 0.6 is 0 Å². The van der Waals surface area contributed by atoms with Crippen molar-refractivity contribution in [3.05, 3.63) is 11.9 Å². The standard InChI is InChI=1S/C22H35N7O4/c1-22(2,3)19(29-12-16(25-26-29)14-4-5-14)21(33)28-11-15(30)10-17(28)20(32)24-7-9-27-8-6-23-18(31)13-27/h12,14-15,17,19,30H,4-11,13H2,1-3H3,(H,23,31)(H,24,32)/t15-,17+,19-/m1/s1. The van der Waals surface area contributed by atoms with Gasteiger partial charge < -0.3 is 20.6 Å². The zero-order valence-corrected chi connectivity index (χ0v) is 19.7. The second-order valence-corrected chi connectivity index (χ2v) is 10.5. The molecule has 3 fully saturated rings. The number of aliphatic hydroxyl groups excluding tert-OH is 1. The van der Waals surface area contributed by atoms with Gasteiger partial charge in [0.2, 0.25) is 17.7 Å². The van der Waals surface area contributed by atoms with E-state index in [-0.39, 0.29) is 30.7 Å². The molecule has 1 aromatic rings. The summed E-state index contributed by atoms with van der Waals surface area (Å²) in [4.78, 5) is 41.7. The smallest absolute Gasteiger partial charge is 0.248 e. The first kappa shape index (κ1) is 23.6. The van der Waals surface area contributed by atoms with Crippen molar-refractivity contribution < 1.29 is 19.5 Å². The predicted octanol–water partition coefficient (Wildman–Crippen LogP) is -0.747. The Morgan fingerprint density at radius 2 is 2.09 bits per heavy atom. The van der Waals surface area contributed by atoms with Crippen LogP contribution in [0.25, 0.3) is 0 Å². The van der Waals surface area contributed by atoms with Crippen molar-refractivity contribution in [2.45, 2.75) is 64.1 Å². The second kappa shape index (κ2) is 9.38. The SMILES string of the molecule is CC(C)(C)[C@@H](C(=O)N1C[C@H](O)C[C@H]1C(=O)NCCN1CCNC(=O)C1)n1cc(C2CC2)nn1. The van der Waals surface area contributed by atoms with Crippen molar-refractivity contribution in [1.29, 1.82) is 0 Å². The van der Waals surface area contributed by atoms with E-state index in [2.05, 4.69) is 20.9 Å². The molecule has 1 aromatic heterocycles. The van der Waals surface area contributed by atoms with Crippen LogP contribution < -0.4 is 10.6 Å². The summed E-state index contributed by atoms with van der Waals surface area (Å²) in [7, 11) is 0. The van der Waals surface area contributed by atoms with Crippen LogP contribution in [0.15, 0.2) is 6.20 Å². The van der Waals surface area contributed by atoms with Gasteiger partial charge in [0.05, 0.1) is 18.3 Å². The van der Waals surface area contributed by atoms with Gasteiger partial charge in [-0.1, -0.05) is 26.0 Å². The van der Waals surface area contributed by atoms with E-state index in [1.54, 1.807) is 4.68 Å². The average Bonchev–Trinajstić information content (AvgIpc) is 3.34. The van der Waals surface area contributed by atoms with Crippen LogP contribution in [0.3, 0.4) is 0 Å². The second-order valence-electron chi connectivity index (χ2n) is 10.5. The Morgan fingerprint density at radius 1 is 1.33 bits per heavy atom. The quantitative estimate of drug-likeness (QED) is 0.487. The van der Waals surface area contributed by atoms with Crippen molar-refractivity contribution in [2.24, 2.45) is 5.41 Å². The molecule has 2 aliphatic heterocycles. The van der Waals surface area contributed by atoms with E-state index in [9.17, 15) is 19.5 Å². The van der Waals surface area contributed by atoms with Gasteiger partial charge in [-0.3, -0.25) is 19.3 Å². The number of likely N-dealkylation sites (tertiary alicyclic amines) is 1. The Balaban J connectivity index is 1.42.